The Hall–Kier alpha value is -0.923. The molecule has 1 amide bonds. The fourth-order valence-corrected chi connectivity index (χ4v) is 3.02. The number of carbonyl (C=O) groups excluding carboxylic acids is 2. The van der Waals surface area contributed by atoms with Crippen LogP contribution in [0.4, 0.5) is 0 Å². The summed E-state index contributed by atoms with van der Waals surface area (Å²) in [4.78, 5) is 25.4. The van der Waals surface area contributed by atoms with Gasteiger partial charge in [-0.05, 0) is 47.2 Å². The van der Waals surface area contributed by atoms with Crippen molar-refractivity contribution in [2.45, 2.75) is 71.6 Å². The first-order chi connectivity index (χ1) is 10.1. The van der Waals surface area contributed by atoms with Gasteiger partial charge in [-0.15, -0.1) is 0 Å². The molecule has 6 nitrogen and oxygen atoms in total. The Kier molecular flexibility index (Phi) is 7.02. The van der Waals surface area contributed by atoms with Crippen molar-refractivity contribution < 1.29 is 23.5 Å². The van der Waals surface area contributed by atoms with Crippen LogP contribution < -0.4 is 0 Å². The first-order valence-corrected chi connectivity index (χ1v) is 10.1. The number of hydrogen-bond acceptors (Lipinski definition) is 5. The third-order valence-corrected chi connectivity index (χ3v) is 3.82. The molecule has 0 aliphatic carbocycles. The maximum atomic E-state index is 12.1. The first kappa shape index (κ1) is 19.1. The van der Waals surface area contributed by atoms with E-state index in [9.17, 15) is 9.59 Å². The van der Waals surface area contributed by atoms with Crippen LogP contribution in [-0.4, -0.2) is 56.9 Å². The minimum absolute atomic E-state index is 0.0415. The number of nitrogens with zero attached hydrogens (tertiary/aromatic N) is 1. The molecule has 1 aliphatic rings. The highest BCUT2D eigenvalue weighted by atomic mass is 28.3. The van der Waals surface area contributed by atoms with Gasteiger partial charge in [-0.25, -0.2) is 0 Å². The smallest absolute Gasteiger partial charge is 0.325 e. The van der Waals surface area contributed by atoms with Gasteiger partial charge in [0, 0.05) is 6.42 Å². The topological polar surface area (TPSA) is 65.1 Å². The van der Waals surface area contributed by atoms with Crippen molar-refractivity contribution in [3.05, 3.63) is 0 Å². The van der Waals surface area contributed by atoms with Gasteiger partial charge in [-0.3, -0.25) is 9.59 Å². The quantitative estimate of drug-likeness (QED) is 0.405. The van der Waals surface area contributed by atoms with Crippen LogP contribution in [0.2, 0.25) is 13.1 Å². The number of carbonyl (C=O) groups is 2. The molecule has 22 heavy (non-hydrogen) atoms. The molecule has 7 heteroatoms. The molecule has 1 saturated heterocycles. The van der Waals surface area contributed by atoms with Crippen molar-refractivity contribution in [3.63, 3.8) is 0 Å². The summed E-state index contributed by atoms with van der Waals surface area (Å²) in [5.74, 6) is -0.444. The zero-order valence-corrected chi connectivity index (χ0v) is 15.5. The van der Waals surface area contributed by atoms with Gasteiger partial charge in [0.1, 0.15) is 6.54 Å². The van der Waals surface area contributed by atoms with Crippen LogP contribution >= 0.6 is 0 Å². The lowest BCUT2D eigenvalue weighted by molar-refractivity contribution is -0.184. The Bertz CT molecular complexity index is 394. The summed E-state index contributed by atoms with van der Waals surface area (Å²) in [6.07, 6.45) is 0.533. The Labute approximate surface area is 134 Å². The molecule has 1 unspecified atom stereocenters. The summed E-state index contributed by atoms with van der Waals surface area (Å²) in [5, 5.41) is 0. The largest absolute Gasteiger partial charge is 0.465 e. The van der Waals surface area contributed by atoms with E-state index in [2.05, 4.69) is 0 Å². The molecule has 0 N–H and O–H groups in total. The maximum Gasteiger partial charge on any atom is 0.325 e. The van der Waals surface area contributed by atoms with Gasteiger partial charge in [0.05, 0.1) is 18.2 Å². The molecule has 1 rings (SSSR count). The third kappa shape index (κ3) is 6.06. The minimum Gasteiger partial charge on any atom is -0.465 e. The van der Waals surface area contributed by atoms with E-state index in [1.54, 1.807) is 11.8 Å². The summed E-state index contributed by atoms with van der Waals surface area (Å²) < 4.78 is 16.9. The molecule has 1 radical (unpaired) electrons. The van der Waals surface area contributed by atoms with E-state index in [0.29, 0.717) is 19.4 Å². The highest BCUT2D eigenvalue weighted by molar-refractivity contribution is 6.48. The summed E-state index contributed by atoms with van der Waals surface area (Å²) in [6, 6.07) is -0.240. The summed E-state index contributed by atoms with van der Waals surface area (Å²) in [7, 11) is -0.999. The number of ether oxygens (including phenoxy) is 2. The molecule has 1 heterocycles. The predicted molar refractivity (Wildman–Crippen MR) is 84.6 cm³/mol. The van der Waals surface area contributed by atoms with Gasteiger partial charge < -0.3 is 18.8 Å². The molecule has 0 spiro atoms. The molecule has 0 bridgehead atoms. The molecule has 2 atom stereocenters. The number of esters is 1. The van der Waals surface area contributed by atoms with E-state index in [0.717, 1.165) is 0 Å². The molecular weight excluding hydrogens is 302 g/mol. The van der Waals surface area contributed by atoms with Crippen molar-refractivity contribution in [2.24, 2.45) is 0 Å². The van der Waals surface area contributed by atoms with Crippen LogP contribution in [0.3, 0.4) is 0 Å². The monoisotopic (exact) mass is 330 g/mol. The molecule has 0 aromatic carbocycles. The second-order valence-electron chi connectivity index (χ2n) is 6.56. The van der Waals surface area contributed by atoms with Crippen molar-refractivity contribution in [1.82, 2.24) is 4.90 Å². The van der Waals surface area contributed by atoms with Crippen LogP contribution in [0, 0.1) is 0 Å². The Morgan fingerprint density at radius 3 is 2.55 bits per heavy atom. The van der Waals surface area contributed by atoms with Crippen LogP contribution in [-0.2, 0) is 23.5 Å². The van der Waals surface area contributed by atoms with Gasteiger partial charge in [0.2, 0.25) is 14.9 Å². The maximum absolute atomic E-state index is 12.1. The number of rotatable bonds is 7. The lowest BCUT2D eigenvalue weighted by Crippen LogP contribution is -2.49. The molecule has 0 aromatic heterocycles. The van der Waals surface area contributed by atoms with E-state index in [1.807, 2.05) is 33.9 Å². The highest BCUT2D eigenvalue weighted by Gasteiger charge is 2.40. The Balaban J connectivity index is 2.85. The van der Waals surface area contributed by atoms with Gasteiger partial charge in [-0.2, -0.15) is 0 Å². The highest BCUT2D eigenvalue weighted by Crippen LogP contribution is 2.27. The third-order valence-electron chi connectivity index (χ3n) is 3.12. The number of hydrogen-bond donors (Lipinski definition) is 0. The van der Waals surface area contributed by atoms with E-state index in [-0.39, 0.29) is 24.1 Å². The van der Waals surface area contributed by atoms with Crippen molar-refractivity contribution in [1.29, 1.82) is 0 Å². The predicted octanol–water partition coefficient (Wildman–Crippen LogP) is 1.95. The second-order valence-corrected chi connectivity index (χ2v) is 8.61. The normalized spacial score (nSPS) is 20.6. The van der Waals surface area contributed by atoms with E-state index in [4.69, 9.17) is 13.9 Å². The average Bonchev–Trinajstić information content (AvgIpc) is 2.68. The van der Waals surface area contributed by atoms with E-state index < -0.39 is 21.3 Å². The number of likely N-dealkylation sites (tertiary alicyclic amines) is 1. The summed E-state index contributed by atoms with van der Waals surface area (Å²) in [5.41, 5.74) is -0.386. The Morgan fingerprint density at radius 2 is 2.05 bits per heavy atom. The van der Waals surface area contributed by atoms with Gasteiger partial charge in [-0.1, -0.05) is 0 Å². The molecule has 127 valence electrons. The van der Waals surface area contributed by atoms with Gasteiger partial charge in [0.15, 0.2) is 6.29 Å². The van der Waals surface area contributed by atoms with Crippen molar-refractivity contribution >= 4 is 20.9 Å². The fraction of sp³-hybridized carbons (Fsp3) is 0.867. The lowest BCUT2D eigenvalue weighted by atomic mass is 10.1. The first-order valence-electron chi connectivity index (χ1n) is 7.73. The molecule has 1 aliphatic heterocycles. The molecular formula is C15H28NO5Si. The fourth-order valence-electron chi connectivity index (χ4n) is 2.35. The zero-order valence-electron chi connectivity index (χ0n) is 14.5. The van der Waals surface area contributed by atoms with Crippen molar-refractivity contribution in [2.75, 3.05) is 13.2 Å². The Morgan fingerprint density at radius 1 is 1.41 bits per heavy atom. The SMILES string of the molecule is CCOC(=O)CN1C(=O)CC[C@@H]1C(O[Si](C)C)OC(C)(C)C. The second kappa shape index (κ2) is 8.08. The van der Waals surface area contributed by atoms with Gasteiger partial charge in [0.25, 0.3) is 0 Å². The van der Waals surface area contributed by atoms with Crippen LogP contribution in [0.5, 0.6) is 0 Å². The van der Waals surface area contributed by atoms with Crippen LogP contribution in [0.25, 0.3) is 0 Å². The molecule has 0 aromatic rings. The molecule has 1 fully saturated rings. The van der Waals surface area contributed by atoms with E-state index in [1.165, 1.54) is 0 Å². The molecule has 0 saturated carbocycles. The van der Waals surface area contributed by atoms with Crippen molar-refractivity contribution in [3.8, 4) is 0 Å². The van der Waals surface area contributed by atoms with Crippen LogP contribution in [0.1, 0.15) is 40.5 Å². The van der Waals surface area contributed by atoms with Gasteiger partial charge >= 0.3 is 5.97 Å². The minimum atomic E-state index is -0.999. The average molecular weight is 330 g/mol. The number of amides is 1. The van der Waals surface area contributed by atoms with E-state index >= 15 is 0 Å². The summed E-state index contributed by atoms with van der Waals surface area (Å²) >= 11 is 0. The summed E-state index contributed by atoms with van der Waals surface area (Å²) in [6.45, 7) is 11.9. The van der Waals surface area contributed by atoms with Crippen LogP contribution in [0.15, 0.2) is 0 Å². The zero-order chi connectivity index (χ0) is 16.9. The lowest BCUT2D eigenvalue weighted by Gasteiger charge is -2.36. The standard InChI is InChI=1S/C15H28NO5Si/c1-7-19-13(18)10-16-11(8-9-12(16)17)14(21-22(5)6)20-15(2,3)4/h11,14H,7-10H2,1-6H3/t11-,14?/m1/s1.